The molecule has 2 rings (SSSR count). The van der Waals surface area contributed by atoms with Gasteiger partial charge in [-0.15, -0.1) is 0 Å². The molecule has 1 nitrogen and oxygen atoms in total. The number of benzene rings is 1. The molecule has 0 spiro atoms. The quantitative estimate of drug-likeness (QED) is 0.787. The predicted octanol–water partition coefficient (Wildman–Crippen LogP) is 4.70. The van der Waals surface area contributed by atoms with Crippen molar-refractivity contribution in [3.63, 3.8) is 0 Å². The fourth-order valence-electron chi connectivity index (χ4n) is 2.65. The molecule has 94 valence electrons. The van der Waals surface area contributed by atoms with Crippen LogP contribution in [-0.2, 0) is 6.42 Å². The van der Waals surface area contributed by atoms with E-state index in [-0.39, 0.29) is 5.54 Å². The topological polar surface area (TPSA) is 26.0 Å². The minimum Gasteiger partial charge on any atom is -0.325 e. The van der Waals surface area contributed by atoms with Crippen LogP contribution >= 0.6 is 27.5 Å². The summed E-state index contributed by atoms with van der Waals surface area (Å²) in [6, 6.07) is 6.09. The Hall–Kier alpha value is -0.0500. The molecule has 0 radical (unpaired) electrons. The molecule has 1 fully saturated rings. The van der Waals surface area contributed by atoms with Crippen molar-refractivity contribution in [1.82, 2.24) is 0 Å². The molecule has 2 N–H and O–H groups in total. The molecule has 0 bridgehead atoms. The van der Waals surface area contributed by atoms with Gasteiger partial charge in [0.2, 0.25) is 0 Å². The average molecular weight is 317 g/mol. The summed E-state index contributed by atoms with van der Waals surface area (Å²) < 4.78 is 1.03. The monoisotopic (exact) mass is 315 g/mol. The van der Waals surface area contributed by atoms with Gasteiger partial charge in [0.05, 0.1) is 0 Å². The van der Waals surface area contributed by atoms with Crippen LogP contribution in [0.1, 0.15) is 44.1 Å². The van der Waals surface area contributed by atoms with E-state index in [0.717, 1.165) is 28.8 Å². The van der Waals surface area contributed by atoms with Crippen molar-refractivity contribution in [1.29, 1.82) is 0 Å². The van der Waals surface area contributed by atoms with E-state index < -0.39 is 0 Å². The van der Waals surface area contributed by atoms with Crippen LogP contribution in [0, 0.1) is 0 Å². The van der Waals surface area contributed by atoms with E-state index in [9.17, 15) is 0 Å². The lowest BCUT2D eigenvalue weighted by Gasteiger charge is -2.28. The molecule has 1 aromatic rings. The Morgan fingerprint density at radius 2 is 1.82 bits per heavy atom. The van der Waals surface area contributed by atoms with Crippen LogP contribution in [0.15, 0.2) is 22.7 Å². The summed E-state index contributed by atoms with van der Waals surface area (Å²) in [6.07, 6.45) is 8.31. The molecular formula is C14H19BrClN. The van der Waals surface area contributed by atoms with Gasteiger partial charge in [-0.3, -0.25) is 0 Å². The first-order valence-corrected chi connectivity index (χ1v) is 7.49. The Balaban J connectivity index is 2.12. The summed E-state index contributed by atoms with van der Waals surface area (Å²) in [5, 5.41) is 0.827. The Labute approximate surface area is 117 Å². The van der Waals surface area contributed by atoms with Crippen LogP contribution in [-0.4, -0.2) is 5.54 Å². The van der Waals surface area contributed by atoms with Crippen molar-refractivity contribution in [2.75, 3.05) is 0 Å². The molecule has 1 aliphatic rings. The second kappa shape index (κ2) is 5.73. The minimum atomic E-state index is -0.0476. The molecule has 0 aromatic heterocycles. The summed E-state index contributed by atoms with van der Waals surface area (Å²) in [5.41, 5.74) is 7.66. The zero-order chi connectivity index (χ0) is 12.3. The number of rotatable bonds is 2. The van der Waals surface area contributed by atoms with E-state index in [0.29, 0.717) is 0 Å². The van der Waals surface area contributed by atoms with Gasteiger partial charge in [0.15, 0.2) is 0 Å². The van der Waals surface area contributed by atoms with E-state index in [4.69, 9.17) is 17.3 Å². The molecule has 1 saturated carbocycles. The molecule has 0 unspecified atom stereocenters. The maximum atomic E-state index is 6.53. The number of halogens is 2. The van der Waals surface area contributed by atoms with Gasteiger partial charge < -0.3 is 5.73 Å². The van der Waals surface area contributed by atoms with Gasteiger partial charge in [-0.1, -0.05) is 59.3 Å². The Morgan fingerprint density at radius 1 is 1.18 bits per heavy atom. The lowest BCUT2D eigenvalue weighted by Crippen LogP contribution is -2.41. The highest BCUT2D eigenvalue weighted by Crippen LogP contribution is 2.31. The maximum absolute atomic E-state index is 6.53. The summed E-state index contributed by atoms with van der Waals surface area (Å²) in [7, 11) is 0. The van der Waals surface area contributed by atoms with Gasteiger partial charge in [0.25, 0.3) is 0 Å². The molecule has 3 heteroatoms. The highest BCUT2D eigenvalue weighted by atomic mass is 79.9. The van der Waals surface area contributed by atoms with Crippen molar-refractivity contribution in [2.24, 2.45) is 5.73 Å². The van der Waals surface area contributed by atoms with Crippen LogP contribution in [0.2, 0.25) is 5.02 Å². The first-order valence-electron chi connectivity index (χ1n) is 6.32. The van der Waals surface area contributed by atoms with Gasteiger partial charge in [-0.05, 0) is 37.0 Å². The minimum absolute atomic E-state index is 0.0476. The Morgan fingerprint density at radius 3 is 2.41 bits per heavy atom. The summed E-state index contributed by atoms with van der Waals surface area (Å²) in [4.78, 5) is 0. The second-order valence-electron chi connectivity index (χ2n) is 5.19. The average Bonchev–Trinajstić information content (AvgIpc) is 2.48. The first-order chi connectivity index (χ1) is 8.09. The van der Waals surface area contributed by atoms with E-state index in [1.165, 1.54) is 31.2 Å². The molecule has 1 aliphatic carbocycles. The Bertz CT molecular complexity index is 384. The van der Waals surface area contributed by atoms with Crippen LogP contribution in [0.5, 0.6) is 0 Å². The number of nitrogens with two attached hydrogens (primary N) is 1. The highest BCUT2D eigenvalue weighted by Gasteiger charge is 2.27. The van der Waals surface area contributed by atoms with Crippen molar-refractivity contribution in [3.8, 4) is 0 Å². The van der Waals surface area contributed by atoms with Gasteiger partial charge in [-0.2, -0.15) is 0 Å². The standard InChI is InChI=1S/C14H19BrClN/c15-12-6-5-11(13(16)9-12)10-14(17)7-3-1-2-4-8-14/h5-6,9H,1-4,7-8,10,17H2. The first kappa shape index (κ1) is 13.4. The van der Waals surface area contributed by atoms with Gasteiger partial charge >= 0.3 is 0 Å². The third-order valence-electron chi connectivity index (χ3n) is 3.66. The molecule has 1 aromatic carbocycles. The second-order valence-corrected chi connectivity index (χ2v) is 6.51. The van der Waals surface area contributed by atoms with Crippen LogP contribution in [0.4, 0.5) is 0 Å². The Kier molecular flexibility index (Phi) is 4.51. The fraction of sp³-hybridized carbons (Fsp3) is 0.571. The zero-order valence-electron chi connectivity index (χ0n) is 10.0. The normalized spacial score (nSPS) is 19.9. The van der Waals surface area contributed by atoms with Gasteiger partial charge in [-0.25, -0.2) is 0 Å². The zero-order valence-corrected chi connectivity index (χ0v) is 12.4. The third-order valence-corrected chi connectivity index (χ3v) is 4.50. The number of hydrogen-bond acceptors (Lipinski definition) is 1. The third kappa shape index (κ3) is 3.70. The summed E-state index contributed by atoms with van der Waals surface area (Å²) in [5.74, 6) is 0. The molecule has 0 saturated heterocycles. The summed E-state index contributed by atoms with van der Waals surface area (Å²) in [6.45, 7) is 0. The van der Waals surface area contributed by atoms with E-state index in [1.807, 2.05) is 12.1 Å². The van der Waals surface area contributed by atoms with E-state index in [1.54, 1.807) is 0 Å². The van der Waals surface area contributed by atoms with Crippen molar-refractivity contribution < 1.29 is 0 Å². The van der Waals surface area contributed by atoms with Gasteiger partial charge in [0.1, 0.15) is 0 Å². The smallest absolute Gasteiger partial charge is 0.0449 e. The molecule has 17 heavy (non-hydrogen) atoms. The van der Waals surface area contributed by atoms with Crippen molar-refractivity contribution in [3.05, 3.63) is 33.3 Å². The van der Waals surface area contributed by atoms with E-state index >= 15 is 0 Å². The lowest BCUT2D eigenvalue weighted by atomic mass is 9.85. The molecular weight excluding hydrogens is 298 g/mol. The SMILES string of the molecule is NC1(Cc2ccc(Br)cc2Cl)CCCCCC1. The molecule has 0 amide bonds. The molecule has 0 aliphatic heterocycles. The van der Waals surface area contributed by atoms with Crippen LogP contribution < -0.4 is 5.73 Å². The number of hydrogen-bond donors (Lipinski definition) is 1. The maximum Gasteiger partial charge on any atom is 0.0449 e. The lowest BCUT2D eigenvalue weighted by molar-refractivity contribution is 0.369. The van der Waals surface area contributed by atoms with Crippen LogP contribution in [0.3, 0.4) is 0 Å². The van der Waals surface area contributed by atoms with Crippen molar-refractivity contribution in [2.45, 2.75) is 50.5 Å². The molecule has 0 atom stereocenters. The van der Waals surface area contributed by atoms with Crippen molar-refractivity contribution >= 4 is 27.5 Å². The summed E-state index contributed by atoms with van der Waals surface area (Å²) >= 11 is 9.70. The van der Waals surface area contributed by atoms with Gasteiger partial charge in [0, 0.05) is 15.0 Å². The van der Waals surface area contributed by atoms with Crippen LogP contribution in [0.25, 0.3) is 0 Å². The fourth-order valence-corrected chi connectivity index (χ4v) is 3.39. The molecule has 0 heterocycles. The predicted molar refractivity (Wildman–Crippen MR) is 77.5 cm³/mol. The van der Waals surface area contributed by atoms with E-state index in [2.05, 4.69) is 22.0 Å². The largest absolute Gasteiger partial charge is 0.325 e. The highest BCUT2D eigenvalue weighted by molar-refractivity contribution is 9.10.